The van der Waals surface area contributed by atoms with E-state index in [1.807, 2.05) is 0 Å². The minimum absolute atomic E-state index is 0.173. The number of aromatic amines is 1. The second-order valence-corrected chi connectivity index (χ2v) is 5.38. The van der Waals surface area contributed by atoms with Gasteiger partial charge in [0, 0.05) is 4.47 Å². The molecule has 1 aliphatic heterocycles. The van der Waals surface area contributed by atoms with Crippen molar-refractivity contribution < 1.29 is 14.3 Å². The molecule has 1 aliphatic rings. The Morgan fingerprint density at radius 3 is 2.90 bits per heavy atom. The molecule has 20 heavy (non-hydrogen) atoms. The van der Waals surface area contributed by atoms with Crippen LogP contribution >= 0.6 is 27.5 Å². The van der Waals surface area contributed by atoms with Crippen LogP contribution < -0.4 is 14.8 Å². The van der Waals surface area contributed by atoms with E-state index in [-0.39, 0.29) is 19.1 Å². The van der Waals surface area contributed by atoms with Crippen LogP contribution in [0.15, 0.2) is 22.8 Å². The molecule has 0 radical (unpaired) electrons. The van der Waals surface area contributed by atoms with Crippen molar-refractivity contribution in [3.05, 3.63) is 33.4 Å². The number of H-pyrrole nitrogens is 1. The van der Waals surface area contributed by atoms with Crippen LogP contribution in [0.25, 0.3) is 0 Å². The molecule has 1 aromatic carbocycles. The Kier molecular flexibility index (Phi) is 3.54. The maximum absolute atomic E-state index is 12.0. The van der Waals surface area contributed by atoms with Gasteiger partial charge in [-0.2, -0.15) is 5.10 Å². The first-order chi connectivity index (χ1) is 9.63. The lowest BCUT2D eigenvalue weighted by atomic mass is 10.1. The molecule has 1 aromatic heterocycles. The molecule has 0 unspecified atom stereocenters. The lowest BCUT2D eigenvalue weighted by Crippen LogP contribution is -2.15. The molecule has 104 valence electrons. The summed E-state index contributed by atoms with van der Waals surface area (Å²) in [6.45, 7) is 0.196. The third-order valence-corrected chi connectivity index (χ3v) is 3.77. The van der Waals surface area contributed by atoms with Gasteiger partial charge in [-0.1, -0.05) is 27.5 Å². The van der Waals surface area contributed by atoms with Gasteiger partial charge in [0.25, 0.3) is 0 Å². The summed E-state index contributed by atoms with van der Waals surface area (Å²) in [4.78, 5) is 12.0. The molecule has 0 saturated heterocycles. The van der Waals surface area contributed by atoms with E-state index >= 15 is 0 Å². The minimum Gasteiger partial charge on any atom is -0.454 e. The van der Waals surface area contributed by atoms with Gasteiger partial charge in [-0.15, -0.1) is 0 Å². The van der Waals surface area contributed by atoms with Crippen LogP contribution in [0.2, 0.25) is 5.02 Å². The number of hydrogen-bond donors (Lipinski definition) is 2. The standard InChI is InChI=1S/C12H9BrClN3O3/c13-7-3-10-9(19-5-20-10)1-6(7)2-11(18)16-12-8(14)4-15-17-12/h1,3-4H,2,5H2,(H2,15,16,17,18). The van der Waals surface area contributed by atoms with E-state index in [1.54, 1.807) is 12.1 Å². The zero-order chi connectivity index (χ0) is 14.1. The molecular formula is C12H9BrClN3O3. The van der Waals surface area contributed by atoms with Gasteiger partial charge >= 0.3 is 0 Å². The second-order valence-electron chi connectivity index (χ2n) is 4.11. The van der Waals surface area contributed by atoms with E-state index < -0.39 is 0 Å². The summed E-state index contributed by atoms with van der Waals surface area (Å²) in [5, 5.41) is 9.35. The van der Waals surface area contributed by atoms with Crippen LogP contribution in [0.1, 0.15) is 5.56 Å². The number of hydrogen-bond acceptors (Lipinski definition) is 4. The molecule has 0 spiro atoms. The normalized spacial score (nSPS) is 12.5. The van der Waals surface area contributed by atoms with Crippen LogP contribution in [0, 0.1) is 0 Å². The van der Waals surface area contributed by atoms with Crippen molar-refractivity contribution in [3.63, 3.8) is 0 Å². The predicted octanol–water partition coefficient (Wildman–Crippen LogP) is 2.74. The van der Waals surface area contributed by atoms with Crippen molar-refractivity contribution in [2.45, 2.75) is 6.42 Å². The third kappa shape index (κ3) is 2.59. The third-order valence-electron chi connectivity index (χ3n) is 2.75. The largest absolute Gasteiger partial charge is 0.454 e. The van der Waals surface area contributed by atoms with Gasteiger partial charge < -0.3 is 14.8 Å². The van der Waals surface area contributed by atoms with Gasteiger partial charge in [-0.3, -0.25) is 9.89 Å². The number of anilines is 1. The molecule has 2 N–H and O–H groups in total. The summed E-state index contributed by atoms with van der Waals surface area (Å²) in [6, 6.07) is 3.56. The summed E-state index contributed by atoms with van der Waals surface area (Å²) < 4.78 is 11.3. The van der Waals surface area contributed by atoms with E-state index in [9.17, 15) is 4.79 Å². The van der Waals surface area contributed by atoms with Crippen LogP contribution in [-0.4, -0.2) is 22.9 Å². The van der Waals surface area contributed by atoms with Gasteiger partial charge in [0.2, 0.25) is 12.7 Å². The molecule has 0 bridgehead atoms. The summed E-state index contributed by atoms with van der Waals surface area (Å²) >= 11 is 9.25. The second kappa shape index (κ2) is 5.34. The van der Waals surface area contributed by atoms with Crippen LogP contribution in [0.5, 0.6) is 11.5 Å². The highest BCUT2D eigenvalue weighted by molar-refractivity contribution is 9.10. The number of aromatic nitrogens is 2. The first-order valence-corrected chi connectivity index (χ1v) is 6.87. The maximum Gasteiger partial charge on any atom is 0.231 e. The van der Waals surface area contributed by atoms with Gasteiger partial charge in [0.15, 0.2) is 11.5 Å². The Balaban J connectivity index is 1.75. The maximum atomic E-state index is 12.0. The number of nitrogens with zero attached hydrogens (tertiary/aromatic N) is 1. The van der Waals surface area contributed by atoms with Gasteiger partial charge in [-0.25, -0.2) is 0 Å². The smallest absolute Gasteiger partial charge is 0.231 e. The van der Waals surface area contributed by atoms with Crippen molar-refractivity contribution in [2.24, 2.45) is 0 Å². The fraction of sp³-hybridized carbons (Fsp3) is 0.167. The highest BCUT2D eigenvalue weighted by Gasteiger charge is 2.18. The molecule has 2 heterocycles. The molecule has 0 saturated carbocycles. The minimum atomic E-state index is -0.212. The van der Waals surface area contributed by atoms with Gasteiger partial charge in [0.1, 0.15) is 10.8 Å². The summed E-state index contributed by atoms with van der Waals surface area (Å²) in [5.74, 6) is 1.47. The molecule has 1 amide bonds. The summed E-state index contributed by atoms with van der Waals surface area (Å²) in [6.07, 6.45) is 1.60. The quantitative estimate of drug-likeness (QED) is 0.884. The van der Waals surface area contributed by atoms with E-state index in [0.29, 0.717) is 22.3 Å². The molecule has 0 fully saturated rings. The number of ether oxygens (including phenoxy) is 2. The molecule has 2 aromatic rings. The van der Waals surface area contributed by atoms with E-state index in [1.165, 1.54) is 6.20 Å². The fourth-order valence-electron chi connectivity index (χ4n) is 1.81. The highest BCUT2D eigenvalue weighted by Crippen LogP contribution is 2.37. The molecule has 3 rings (SSSR count). The Morgan fingerprint density at radius 2 is 2.20 bits per heavy atom. The number of nitrogens with one attached hydrogen (secondary N) is 2. The van der Waals surface area contributed by atoms with Crippen molar-refractivity contribution >= 4 is 39.3 Å². The summed E-state index contributed by atoms with van der Waals surface area (Å²) in [5.41, 5.74) is 0.794. The average Bonchev–Trinajstić information content (AvgIpc) is 2.99. The van der Waals surface area contributed by atoms with E-state index in [4.69, 9.17) is 21.1 Å². The Hall–Kier alpha value is -1.73. The molecular weight excluding hydrogens is 350 g/mol. The number of amides is 1. The molecule has 0 aliphatic carbocycles. The first-order valence-electron chi connectivity index (χ1n) is 5.70. The zero-order valence-electron chi connectivity index (χ0n) is 10.1. The number of halogens is 2. The number of benzene rings is 1. The van der Waals surface area contributed by atoms with Crippen molar-refractivity contribution in [1.29, 1.82) is 0 Å². The van der Waals surface area contributed by atoms with Crippen LogP contribution in [0.4, 0.5) is 5.82 Å². The number of carbonyl (C=O) groups is 1. The fourth-order valence-corrected chi connectivity index (χ4v) is 2.41. The lowest BCUT2D eigenvalue weighted by molar-refractivity contribution is -0.115. The van der Waals surface area contributed by atoms with Crippen molar-refractivity contribution in [2.75, 3.05) is 12.1 Å². The first kappa shape index (κ1) is 13.3. The van der Waals surface area contributed by atoms with Crippen molar-refractivity contribution in [1.82, 2.24) is 10.2 Å². The Morgan fingerprint density at radius 1 is 1.45 bits per heavy atom. The van der Waals surface area contributed by atoms with Crippen molar-refractivity contribution in [3.8, 4) is 11.5 Å². The Labute approximate surface area is 127 Å². The van der Waals surface area contributed by atoms with Gasteiger partial charge in [-0.05, 0) is 17.7 Å². The SMILES string of the molecule is O=C(Cc1cc2c(cc1Br)OCO2)Nc1[nH]ncc1Cl. The molecule has 8 heteroatoms. The molecule has 6 nitrogen and oxygen atoms in total. The number of carbonyl (C=O) groups excluding carboxylic acids is 1. The van der Waals surface area contributed by atoms with E-state index in [2.05, 4.69) is 31.4 Å². The lowest BCUT2D eigenvalue weighted by Gasteiger charge is -2.07. The average molecular weight is 359 g/mol. The number of rotatable bonds is 3. The molecule has 0 atom stereocenters. The van der Waals surface area contributed by atoms with E-state index in [0.717, 1.165) is 10.0 Å². The number of fused-ring (bicyclic) bond motifs is 1. The van der Waals surface area contributed by atoms with Crippen LogP contribution in [-0.2, 0) is 11.2 Å². The topological polar surface area (TPSA) is 76.2 Å². The Bertz CT molecular complexity index is 674. The monoisotopic (exact) mass is 357 g/mol. The summed E-state index contributed by atoms with van der Waals surface area (Å²) in [7, 11) is 0. The zero-order valence-corrected chi connectivity index (χ0v) is 12.4. The van der Waals surface area contributed by atoms with Gasteiger partial charge in [0.05, 0.1) is 12.6 Å². The van der Waals surface area contributed by atoms with Crippen LogP contribution in [0.3, 0.4) is 0 Å². The highest BCUT2D eigenvalue weighted by atomic mass is 79.9. The predicted molar refractivity (Wildman–Crippen MR) is 76.2 cm³/mol.